The third-order valence-electron chi connectivity index (χ3n) is 4.16. The van der Waals surface area contributed by atoms with Crippen molar-refractivity contribution in [3.8, 4) is 0 Å². The van der Waals surface area contributed by atoms with Gasteiger partial charge in [0.2, 0.25) is 16.9 Å². The van der Waals surface area contributed by atoms with Crippen molar-refractivity contribution in [2.24, 2.45) is 0 Å². The summed E-state index contributed by atoms with van der Waals surface area (Å²) in [4.78, 5) is 32.5. The van der Waals surface area contributed by atoms with Gasteiger partial charge in [0.1, 0.15) is 17.1 Å². The highest BCUT2D eigenvalue weighted by Crippen LogP contribution is 2.35. The minimum absolute atomic E-state index is 0.0293. The summed E-state index contributed by atoms with van der Waals surface area (Å²) in [7, 11) is 0. The van der Waals surface area contributed by atoms with Gasteiger partial charge in [-0.1, -0.05) is 0 Å². The molecule has 15 heteroatoms. The van der Waals surface area contributed by atoms with Gasteiger partial charge in [-0.25, -0.2) is 0 Å². The average Bonchev–Trinajstić information content (AvgIpc) is 3.16. The van der Waals surface area contributed by atoms with Gasteiger partial charge in [-0.15, -0.1) is 0 Å². The minimum Gasteiger partial charge on any atom is -0.258 e. The molecule has 4 aromatic rings. The Bertz CT molecular complexity index is 1150. The van der Waals surface area contributed by atoms with E-state index >= 15 is 0 Å². The number of aryl methyl sites for hydroxylation is 3. The molecule has 0 radical (unpaired) electrons. The second-order valence-electron chi connectivity index (χ2n) is 5.78. The zero-order valence-corrected chi connectivity index (χ0v) is 14.0. The molecule has 27 heavy (non-hydrogen) atoms. The number of hydrogen-bond acceptors (Lipinski definition) is 9. The Labute approximate surface area is 146 Å². The molecule has 0 aromatic carbocycles. The first kappa shape index (κ1) is 16.3. The van der Waals surface area contributed by atoms with Gasteiger partial charge in [-0.2, -0.15) is 28.8 Å². The third kappa shape index (κ3) is 1.87. The summed E-state index contributed by atoms with van der Waals surface area (Å²) < 4.78 is 2.90. The first-order valence-corrected chi connectivity index (χ1v) is 7.38. The highest BCUT2D eigenvalue weighted by Gasteiger charge is 2.36. The summed E-state index contributed by atoms with van der Waals surface area (Å²) in [5, 5.41) is 46.7. The van der Waals surface area contributed by atoms with Gasteiger partial charge in [-0.05, 0) is 20.8 Å². The number of hydrogen-bond donors (Lipinski definition) is 0. The van der Waals surface area contributed by atoms with Crippen LogP contribution in [0.2, 0.25) is 0 Å². The van der Waals surface area contributed by atoms with Gasteiger partial charge in [0, 0.05) is 0 Å². The van der Waals surface area contributed by atoms with Crippen LogP contribution in [0.5, 0.6) is 0 Å². The van der Waals surface area contributed by atoms with Crippen LogP contribution in [0.3, 0.4) is 0 Å². The van der Waals surface area contributed by atoms with Crippen molar-refractivity contribution in [1.82, 2.24) is 28.8 Å². The van der Waals surface area contributed by atoms with Crippen LogP contribution in [0, 0.1) is 51.1 Å². The minimum atomic E-state index is -0.717. The van der Waals surface area contributed by atoms with E-state index in [1.54, 1.807) is 0 Å². The average molecular weight is 375 g/mol. The molecular formula is C12H9N9O6. The van der Waals surface area contributed by atoms with Gasteiger partial charge in [0.15, 0.2) is 0 Å². The van der Waals surface area contributed by atoms with Crippen LogP contribution in [-0.4, -0.2) is 43.6 Å². The Balaban J connectivity index is 2.47. The summed E-state index contributed by atoms with van der Waals surface area (Å²) in [5.74, 6) is 0. The Hall–Kier alpha value is -4.17. The van der Waals surface area contributed by atoms with Crippen LogP contribution in [0.1, 0.15) is 17.1 Å². The van der Waals surface area contributed by atoms with E-state index < -0.39 is 31.8 Å². The molecule has 0 fully saturated rings. The van der Waals surface area contributed by atoms with Crippen molar-refractivity contribution >= 4 is 34.0 Å². The molecule has 0 unspecified atom stereocenters. The summed E-state index contributed by atoms with van der Waals surface area (Å²) in [6.45, 7) is 4.06. The zero-order chi connectivity index (χ0) is 19.8. The smallest absolute Gasteiger partial charge is 0.258 e. The van der Waals surface area contributed by atoms with Crippen molar-refractivity contribution in [3.63, 3.8) is 0 Å². The lowest BCUT2D eigenvalue weighted by Gasteiger charge is -2.01. The Morgan fingerprint density at radius 1 is 0.593 bits per heavy atom. The molecule has 0 saturated carbocycles. The Morgan fingerprint density at radius 2 is 0.815 bits per heavy atom. The molecule has 4 rings (SSSR count). The topological polar surface area (TPSA) is 181 Å². The van der Waals surface area contributed by atoms with E-state index in [0.29, 0.717) is 0 Å². The molecule has 0 N–H and O–H groups in total. The maximum absolute atomic E-state index is 11.5. The van der Waals surface area contributed by atoms with Gasteiger partial charge < -0.3 is 0 Å². The lowest BCUT2D eigenvalue weighted by atomic mass is 10.3. The number of aromatic nitrogens is 6. The molecule has 0 amide bonds. The molecule has 0 spiro atoms. The number of fused-ring (bicyclic) bond motifs is 6. The van der Waals surface area contributed by atoms with E-state index in [4.69, 9.17) is 0 Å². The Morgan fingerprint density at radius 3 is 1.00 bits per heavy atom. The van der Waals surface area contributed by atoms with E-state index in [2.05, 4.69) is 15.3 Å². The fourth-order valence-electron chi connectivity index (χ4n) is 3.17. The second kappa shape index (κ2) is 4.93. The van der Waals surface area contributed by atoms with E-state index in [1.165, 1.54) is 20.8 Å². The second-order valence-corrected chi connectivity index (χ2v) is 5.78. The van der Waals surface area contributed by atoms with E-state index in [0.717, 1.165) is 13.5 Å². The molecule has 0 saturated heterocycles. The molecule has 15 nitrogen and oxygen atoms in total. The molecule has 0 aliphatic heterocycles. The molecule has 0 aliphatic rings. The van der Waals surface area contributed by atoms with Gasteiger partial charge in [-0.3, -0.25) is 30.3 Å². The SMILES string of the molecule is Cc1nn2c(c1[N+](=O)[O-])n1nc(C)c([N+](=O)[O-])c1n1nc(C)c([N+](=O)[O-])c21. The molecule has 0 aliphatic carbocycles. The third-order valence-corrected chi connectivity index (χ3v) is 4.16. The first-order chi connectivity index (χ1) is 12.6. The van der Waals surface area contributed by atoms with Crippen LogP contribution in [0.4, 0.5) is 17.1 Å². The lowest BCUT2D eigenvalue weighted by Crippen LogP contribution is -2.07. The van der Waals surface area contributed by atoms with Crippen LogP contribution in [-0.2, 0) is 0 Å². The van der Waals surface area contributed by atoms with Crippen molar-refractivity contribution in [2.45, 2.75) is 20.8 Å². The summed E-state index contributed by atoms with van der Waals surface area (Å²) in [6.07, 6.45) is 0. The van der Waals surface area contributed by atoms with E-state index in [1.807, 2.05) is 0 Å². The monoisotopic (exact) mass is 375 g/mol. The zero-order valence-electron chi connectivity index (χ0n) is 14.0. The maximum atomic E-state index is 11.5. The quantitative estimate of drug-likeness (QED) is 0.376. The Kier molecular flexibility index (Phi) is 2.98. The van der Waals surface area contributed by atoms with Crippen LogP contribution in [0.25, 0.3) is 16.9 Å². The fraction of sp³-hybridized carbons (Fsp3) is 0.250. The van der Waals surface area contributed by atoms with Crippen LogP contribution < -0.4 is 0 Å². The van der Waals surface area contributed by atoms with Crippen molar-refractivity contribution < 1.29 is 14.8 Å². The summed E-state index contributed by atoms with van der Waals surface area (Å²) in [5.41, 5.74) is -2.19. The fourth-order valence-corrected chi connectivity index (χ4v) is 3.17. The summed E-state index contributed by atoms with van der Waals surface area (Å²) in [6, 6.07) is 0. The number of nitrogens with zero attached hydrogens (tertiary/aromatic N) is 9. The predicted octanol–water partition coefficient (Wildman–Crippen LogP) is 1.28. The molecule has 138 valence electrons. The molecule has 0 atom stereocenters. The molecule has 4 heterocycles. The maximum Gasteiger partial charge on any atom is 0.336 e. The van der Waals surface area contributed by atoms with Crippen molar-refractivity contribution in [2.75, 3.05) is 0 Å². The van der Waals surface area contributed by atoms with Crippen LogP contribution in [0.15, 0.2) is 0 Å². The van der Waals surface area contributed by atoms with Crippen LogP contribution >= 0.6 is 0 Å². The van der Waals surface area contributed by atoms with Gasteiger partial charge in [0.25, 0.3) is 0 Å². The van der Waals surface area contributed by atoms with Crippen molar-refractivity contribution in [1.29, 1.82) is 0 Å². The van der Waals surface area contributed by atoms with Gasteiger partial charge >= 0.3 is 17.1 Å². The molecule has 4 aromatic heterocycles. The normalized spacial score (nSPS) is 11.7. The standard InChI is InChI=1S/C12H9N9O6/c1-4-7(19(22)23)10-16(13-4)11-8(20(24)25)5(2)15-18(11)12-9(21(26)27)6(3)14-17(10)12/h1-3H3. The van der Waals surface area contributed by atoms with Crippen molar-refractivity contribution in [3.05, 3.63) is 47.4 Å². The lowest BCUT2D eigenvalue weighted by molar-refractivity contribution is -0.384. The highest BCUT2D eigenvalue weighted by atomic mass is 16.6. The largest absolute Gasteiger partial charge is 0.336 e. The van der Waals surface area contributed by atoms with Gasteiger partial charge in [0.05, 0.1) is 14.8 Å². The number of rotatable bonds is 3. The highest BCUT2D eigenvalue weighted by molar-refractivity contribution is 5.80. The predicted molar refractivity (Wildman–Crippen MR) is 86.9 cm³/mol. The van der Waals surface area contributed by atoms with E-state index in [9.17, 15) is 30.3 Å². The number of nitro groups is 3. The molecule has 0 bridgehead atoms. The van der Waals surface area contributed by atoms with E-state index in [-0.39, 0.29) is 34.0 Å². The molecular weight excluding hydrogens is 366 g/mol. The first-order valence-electron chi connectivity index (χ1n) is 7.38. The summed E-state index contributed by atoms with van der Waals surface area (Å²) >= 11 is 0.